The van der Waals surface area contributed by atoms with Crippen LogP contribution in [-0.2, 0) is 4.74 Å². The van der Waals surface area contributed by atoms with Crippen molar-refractivity contribution in [1.29, 1.82) is 0 Å². The molecule has 7 heteroatoms. The molecule has 104 valence electrons. The largest absolute Gasteiger partial charge is 0.393 e. The van der Waals surface area contributed by atoms with Gasteiger partial charge in [0.1, 0.15) is 17.5 Å². The van der Waals surface area contributed by atoms with Gasteiger partial charge in [-0.1, -0.05) is 13.0 Å². The molecule has 1 aromatic heterocycles. The second kappa shape index (κ2) is 4.76. The highest BCUT2D eigenvalue weighted by molar-refractivity contribution is 5.23. The number of nitrogens with two attached hydrogens (primary N) is 1. The average Bonchev–Trinajstić information content (AvgIpc) is 2.64. The predicted octanol–water partition coefficient (Wildman–Crippen LogP) is -0.732. The van der Waals surface area contributed by atoms with E-state index in [0.29, 0.717) is 0 Å². The van der Waals surface area contributed by atoms with E-state index in [9.17, 15) is 15.0 Å². The smallest absolute Gasteiger partial charge is 0.351 e. The summed E-state index contributed by atoms with van der Waals surface area (Å²) < 4.78 is 6.79. The Bertz CT molecular complexity index is 544. The van der Waals surface area contributed by atoms with Crippen LogP contribution >= 0.6 is 0 Å². The van der Waals surface area contributed by atoms with Crippen molar-refractivity contribution in [2.24, 2.45) is 5.92 Å². The minimum atomic E-state index is -1.08. The van der Waals surface area contributed by atoms with Crippen molar-refractivity contribution in [2.45, 2.75) is 24.9 Å². The first kappa shape index (κ1) is 13.7. The molecule has 0 bridgehead atoms. The monoisotopic (exact) mass is 267 g/mol. The van der Waals surface area contributed by atoms with Crippen LogP contribution in [0.4, 0.5) is 5.82 Å². The van der Waals surface area contributed by atoms with Crippen LogP contribution in [0.1, 0.15) is 13.2 Å². The van der Waals surface area contributed by atoms with Crippen LogP contribution in [0, 0.1) is 5.92 Å². The molecule has 1 fully saturated rings. The standard InChI is InChI=1S/C12H17N3O4/c1-3-12(6-16)7(2)9(17)10(19-12)15-5-4-8(13)14-11(15)18/h3-5,7,9-10,16-17H,1,6H2,2H3,(H2,13,14,18)/t7-,9+,10+,12+/m0/s1. The third-order valence-corrected chi connectivity index (χ3v) is 3.63. The Kier molecular flexibility index (Phi) is 3.44. The van der Waals surface area contributed by atoms with Crippen LogP contribution in [0.25, 0.3) is 0 Å². The van der Waals surface area contributed by atoms with Crippen molar-refractivity contribution >= 4 is 5.82 Å². The molecule has 0 unspecified atom stereocenters. The molecule has 0 saturated carbocycles. The molecule has 0 aliphatic carbocycles. The zero-order valence-corrected chi connectivity index (χ0v) is 10.6. The molecule has 1 aliphatic rings. The lowest BCUT2D eigenvalue weighted by atomic mass is 9.88. The molecule has 1 saturated heterocycles. The fraction of sp³-hybridized carbons (Fsp3) is 0.500. The Hall–Kier alpha value is -1.70. The van der Waals surface area contributed by atoms with Gasteiger partial charge in [-0.05, 0) is 6.07 Å². The van der Waals surface area contributed by atoms with Gasteiger partial charge < -0.3 is 20.7 Å². The zero-order valence-electron chi connectivity index (χ0n) is 10.6. The molecule has 1 aliphatic heterocycles. The molecule has 19 heavy (non-hydrogen) atoms. The number of aliphatic hydroxyl groups is 2. The number of nitrogen functional groups attached to an aromatic ring is 1. The topological polar surface area (TPSA) is 111 Å². The van der Waals surface area contributed by atoms with Crippen molar-refractivity contribution in [3.8, 4) is 0 Å². The molecule has 4 atom stereocenters. The number of hydrogen-bond donors (Lipinski definition) is 3. The summed E-state index contributed by atoms with van der Waals surface area (Å²) in [4.78, 5) is 15.3. The number of aromatic nitrogens is 2. The molecule has 2 rings (SSSR count). The maximum absolute atomic E-state index is 11.8. The highest BCUT2D eigenvalue weighted by atomic mass is 16.6. The minimum absolute atomic E-state index is 0.0962. The van der Waals surface area contributed by atoms with E-state index in [-0.39, 0.29) is 12.4 Å². The molecular weight excluding hydrogens is 250 g/mol. The highest BCUT2D eigenvalue weighted by Crippen LogP contribution is 2.41. The molecule has 4 N–H and O–H groups in total. The number of hydrogen-bond acceptors (Lipinski definition) is 6. The van der Waals surface area contributed by atoms with Gasteiger partial charge in [0.2, 0.25) is 0 Å². The quantitative estimate of drug-likeness (QED) is 0.623. The fourth-order valence-electron chi connectivity index (χ4n) is 2.26. The van der Waals surface area contributed by atoms with Gasteiger partial charge in [0.25, 0.3) is 0 Å². The molecule has 1 aromatic rings. The molecule has 0 spiro atoms. The summed E-state index contributed by atoms with van der Waals surface area (Å²) in [5.41, 5.74) is 3.71. The zero-order chi connectivity index (χ0) is 14.2. The normalized spacial score (nSPS) is 34.4. The first-order valence-electron chi connectivity index (χ1n) is 5.90. The van der Waals surface area contributed by atoms with Gasteiger partial charge in [-0.15, -0.1) is 6.58 Å². The molecule has 0 radical (unpaired) electrons. The summed E-state index contributed by atoms with van der Waals surface area (Å²) in [6.45, 7) is 5.01. The molecule has 0 amide bonds. The van der Waals surface area contributed by atoms with Gasteiger partial charge in [-0.25, -0.2) is 4.79 Å². The van der Waals surface area contributed by atoms with Gasteiger partial charge >= 0.3 is 5.69 Å². The minimum Gasteiger partial charge on any atom is -0.393 e. The number of rotatable bonds is 3. The van der Waals surface area contributed by atoms with Crippen molar-refractivity contribution in [1.82, 2.24) is 9.55 Å². The molecule has 0 aromatic carbocycles. The maximum Gasteiger partial charge on any atom is 0.351 e. The van der Waals surface area contributed by atoms with Gasteiger partial charge in [0, 0.05) is 12.1 Å². The second-order valence-corrected chi connectivity index (χ2v) is 4.65. The van der Waals surface area contributed by atoms with E-state index in [4.69, 9.17) is 10.5 Å². The lowest BCUT2D eigenvalue weighted by Crippen LogP contribution is -2.38. The summed E-state index contributed by atoms with van der Waals surface area (Å²) in [6.07, 6.45) is 0.951. The Labute approximate surface area is 110 Å². The van der Waals surface area contributed by atoms with E-state index in [1.54, 1.807) is 6.92 Å². The van der Waals surface area contributed by atoms with Crippen LogP contribution in [0.15, 0.2) is 29.7 Å². The second-order valence-electron chi connectivity index (χ2n) is 4.65. The molecular formula is C12H17N3O4. The van der Waals surface area contributed by atoms with Crippen LogP contribution in [0.2, 0.25) is 0 Å². The first-order valence-corrected chi connectivity index (χ1v) is 5.90. The van der Waals surface area contributed by atoms with E-state index in [1.165, 1.54) is 18.3 Å². The fourth-order valence-corrected chi connectivity index (χ4v) is 2.26. The van der Waals surface area contributed by atoms with E-state index in [0.717, 1.165) is 4.57 Å². The summed E-state index contributed by atoms with van der Waals surface area (Å²) in [5.74, 6) is -0.316. The third kappa shape index (κ3) is 2.05. The van der Waals surface area contributed by atoms with E-state index in [2.05, 4.69) is 11.6 Å². The predicted molar refractivity (Wildman–Crippen MR) is 68.2 cm³/mol. The Morgan fingerprint density at radius 2 is 2.42 bits per heavy atom. The number of anilines is 1. The number of ether oxygens (including phenoxy) is 1. The van der Waals surface area contributed by atoms with Crippen molar-refractivity contribution in [2.75, 3.05) is 12.3 Å². The van der Waals surface area contributed by atoms with Gasteiger partial charge in [0.05, 0.1) is 6.61 Å². The molecule has 2 heterocycles. The Morgan fingerprint density at radius 1 is 1.74 bits per heavy atom. The lowest BCUT2D eigenvalue weighted by Gasteiger charge is -2.26. The van der Waals surface area contributed by atoms with Gasteiger partial charge in [0.15, 0.2) is 6.23 Å². The van der Waals surface area contributed by atoms with E-state index >= 15 is 0 Å². The number of aliphatic hydroxyl groups excluding tert-OH is 2. The molecule has 7 nitrogen and oxygen atoms in total. The summed E-state index contributed by atoms with van der Waals surface area (Å²) in [6, 6.07) is 1.44. The lowest BCUT2D eigenvalue weighted by molar-refractivity contribution is -0.0903. The van der Waals surface area contributed by atoms with Crippen molar-refractivity contribution in [3.63, 3.8) is 0 Å². The van der Waals surface area contributed by atoms with Crippen LogP contribution in [0.5, 0.6) is 0 Å². The Morgan fingerprint density at radius 3 is 2.89 bits per heavy atom. The first-order chi connectivity index (χ1) is 8.95. The summed E-state index contributed by atoms with van der Waals surface area (Å²) in [5, 5.41) is 19.7. The maximum atomic E-state index is 11.8. The average molecular weight is 267 g/mol. The summed E-state index contributed by atoms with van der Waals surface area (Å²) >= 11 is 0. The summed E-state index contributed by atoms with van der Waals surface area (Å²) in [7, 11) is 0. The Balaban J connectivity index is 2.42. The van der Waals surface area contributed by atoms with Crippen LogP contribution in [-0.4, -0.2) is 38.1 Å². The van der Waals surface area contributed by atoms with Crippen molar-refractivity contribution in [3.05, 3.63) is 35.4 Å². The number of nitrogens with zero attached hydrogens (tertiary/aromatic N) is 2. The SMILES string of the molecule is C=C[C@]1(CO)O[C@@H](n2ccc(N)nc2=O)[C@H](O)[C@@H]1C. The van der Waals surface area contributed by atoms with E-state index < -0.39 is 29.5 Å². The van der Waals surface area contributed by atoms with Gasteiger partial charge in [-0.3, -0.25) is 4.57 Å². The third-order valence-electron chi connectivity index (χ3n) is 3.63. The van der Waals surface area contributed by atoms with Crippen LogP contribution < -0.4 is 11.4 Å². The van der Waals surface area contributed by atoms with Crippen LogP contribution in [0.3, 0.4) is 0 Å². The van der Waals surface area contributed by atoms with Crippen molar-refractivity contribution < 1.29 is 14.9 Å². The van der Waals surface area contributed by atoms with E-state index in [1.807, 2.05) is 0 Å². The van der Waals surface area contributed by atoms with Gasteiger partial charge in [-0.2, -0.15) is 4.98 Å². The highest BCUT2D eigenvalue weighted by Gasteiger charge is 2.51.